The van der Waals surface area contributed by atoms with Gasteiger partial charge in [-0.1, -0.05) is 31.2 Å². The van der Waals surface area contributed by atoms with E-state index in [-0.39, 0.29) is 18.5 Å². The third kappa shape index (κ3) is 7.79. The molecular formula is C26H41N5O2. The van der Waals surface area contributed by atoms with Gasteiger partial charge in [0.2, 0.25) is 5.91 Å². The highest BCUT2D eigenvalue weighted by Gasteiger charge is 2.21. The Morgan fingerprint density at radius 1 is 1.12 bits per heavy atom. The molecule has 3 rings (SSSR count). The molecule has 1 aromatic carbocycles. The van der Waals surface area contributed by atoms with Crippen molar-refractivity contribution in [1.82, 2.24) is 21.3 Å². The van der Waals surface area contributed by atoms with E-state index in [2.05, 4.69) is 47.3 Å². The van der Waals surface area contributed by atoms with E-state index < -0.39 is 6.04 Å². The van der Waals surface area contributed by atoms with Crippen LogP contribution in [0, 0.1) is 0 Å². The van der Waals surface area contributed by atoms with E-state index in [0.29, 0.717) is 19.7 Å². The molecule has 1 heterocycles. The molecule has 0 saturated heterocycles. The molecular weight excluding hydrogens is 414 g/mol. The normalized spacial score (nSPS) is 24.8. The number of fused-ring (bicyclic) bond motifs is 1. The maximum atomic E-state index is 12.8. The zero-order chi connectivity index (χ0) is 23.5. The van der Waals surface area contributed by atoms with Crippen LogP contribution in [0.5, 0.6) is 5.75 Å². The molecule has 0 aromatic heterocycles. The third-order valence-corrected chi connectivity index (χ3v) is 6.25. The average molecular weight is 456 g/mol. The van der Waals surface area contributed by atoms with Gasteiger partial charge >= 0.3 is 0 Å². The second-order valence-corrected chi connectivity index (χ2v) is 8.95. The molecule has 1 aliphatic heterocycles. The summed E-state index contributed by atoms with van der Waals surface area (Å²) in [5, 5.41) is 13.7. The van der Waals surface area contributed by atoms with Crippen LogP contribution in [0.3, 0.4) is 0 Å². The van der Waals surface area contributed by atoms with E-state index in [1.165, 1.54) is 17.6 Å². The van der Waals surface area contributed by atoms with Crippen LogP contribution >= 0.6 is 0 Å². The first-order valence-corrected chi connectivity index (χ1v) is 12.4. The molecule has 7 heteroatoms. The van der Waals surface area contributed by atoms with Gasteiger partial charge in [-0.2, -0.15) is 0 Å². The van der Waals surface area contributed by atoms with Crippen LogP contribution in [0.4, 0.5) is 0 Å². The van der Waals surface area contributed by atoms with Gasteiger partial charge in [-0.05, 0) is 62.7 Å². The number of aryl methyl sites for hydroxylation is 1. The topological polar surface area (TPSA) is 100 Å². The van der Waals surface area contributed by atoms with Crippen LogP contribution in [0.2, 0.25) is 0 Å². The molecule has 2 atom stereocenters. The predicted molar refractivity (Wildman–Crippen MR) is 134 cm³/mol. The summed E-state index contributed by atoms with van der Waals surface area (Å²) < 4.78 is 6.14. The van der Waals surface area contributed by atoms with Gasteiger partial charge < -0.3 is 31.7 Å². The molecule has 1 unspecified atom stereocenters. The highest BCUT2D eigenvalue weighted by Crippen LogP contribution is 2.28. The maximum Gasteiger partial charge on any atom is 0.243 e. The smallest absolute Gasteiger partial charge is 0.243 e. The Labute approximate surface area is 198 Å². The van der Waals surface area contributed by atoms with Crippen LogP contribution in [0.15, 0.2) is 47.3 Å². The Morgan fingerprint density at radius 2 is 1.94 bits per heavy atom. The largest absolute Gasteiger partial charge is 0.492 e. The Hall–Kier alpha value is -2.51. The lowest BCUT2D eigenvalue weighted by molar-refractivity contribution is -0.122. The van der Waals surface area contributed by atoms with Crippen molar-refractivity contribution in [3.63, 3.8) is 0 Å². The van der Waals surface area contributed by atoms with Gasteiger partial charge in [0.1, 0.15) is 18.4 Å². The number of nitrogens with two attached hydrogens (primary N) is 1. The van der Waals surface area contributed by atoms with Crippen LogP contribution in [0.25, 0.3) is 0 Å². The first-order valence-electron chi connectivity index (χ1n) is 12.4. The van der Waals surface area contributed by atoms with Gasteiger partial charge in [0.25, 0.3) is 0 Å². The van der Waals surface area contributed by atoms with Gasteiger partial charge in [-0.15, -0.1) is 0 Å². The van der Waals surface area contributed by atoms with Crippen molar-refractivity contribution in [3.05, 3.63) is 52.9 Å². The average Bonchev–Trinajstić information content (AvgIpc) is 2.78. The zero-order valence-corrected chi connectivity index (χ0v) is 20.2. The number of hydrogen-bond acceptors (Lipinski definition) is 6. The lowest BCUT2D eigenvalue weighted by atomic mass is 9.90. The molecule has 1 amide bonds. The Bertz CT molecular complexity index is 830. The van der Waals surface area contributed by atoms with E-state index in [9.17, 15) is 4.79 Å². The number of carbonyl (C=O) groups is 1. The van der Waals surface area contributed by atoms with E-state index in [0.717, 1.165) is 55.8 Å². The Balaban J connectivity index is 1.76. The van der Waals surface area contributed by atoms with Crippen LogP contribution in [-0.4, -0.2) is 50.8 Å². The van der Waals surface area contributed by atoms with E-state index in [1.807, 2.05) is 18.2 Å². The quantitative estimate of drug-likeness (QED) is 0.469. The maximum absolute atomic E-state index is 12.8. The van der Waals surface area contributed by atoms with Crippen molar-refractivity contribution < 1.29 is 9.53 Å². The lowest BCUT2D eigenvalue weighted by Crippen LogP contribution is -2.50. The number of rotatable bonds is 2. The minimum Gasteiger partial charge on any atom is -0.492 e. The molecule has 1 saturated carbocycles. The summed E-state index contributed by atoms with van der Waals surface area (Å²) in [5.41, 5.74) is 10.8. The summed E-state index contributed by atoms with van der Waals surface area (Å²) in [6.45, 7) is 7.17. The van der Waals surface area contributed by atoms with E-state index in [1.54, 1.807) is 0 Å². The number of benzene rings is 1. The van der Waals surface area contributed by atoms with Crippen molar-refractivity contribution in [1.29, 1.82) is 0 Å². The zero-order valence-electron chi connectivity index (χ0n) is 20.2. The monoisotopic (exact) mass is 455 g/mol. The number of amides is 1. The van der Waals surface area contributed by atoms with Crippen LogP contribution in [-0.2, 0) is 11.2 Å². The summed E-state index contributed by atoms with van der Waals surface area (Å²) in [5.74, 6) is 0.875. The van der Waals surface area contributed by atoms with Gasteiger partial charge in [0.05, 0.1) is 6.54 Å². The highest BCUT2D eigenvalue weighted by atomic mass is 16.5. The van der Waals surface area contributed by atoms with Gasteiger partial charge in [-0.25, -0.2) is 0 Å². The summed E-state index contributed by atoms with van der Waals surface area (Å²) in [7, 11) is 0. The lowest BCUT2D eigenvalue weighted by Gasteiger charge is -2.28. The number of ether oxygens (including phenoxy) is 1. The minimum absolute atomic E-state index is 0.0413. The minimum atomic E-state index is -0.429. The molecule has 182 valence electrons. The fourth-order valence-electron chi connectivity index (χ4n) is 4.05. The molecule has 6 N–H and O–H groups in total. The molecule has 1 aliphatic carbocycles. The summed E-state index contributed by atoms with van der Waals surface area (Å²) >= 11 is 0. The van der Waals surface area contributed by atoms with Crippen molar-refractivity contribution in [3.8, 4) is 5.75 Å². The SMILES string of the molecule is CC/C=C1\CN[C@@H](C)COc2ccccc2CCCNC(=O)C(CN)NC(=C2CCC2)CN1. The fourth-order valence-corrected chi connectivity index (χ4v) is 4.05. The van der Waals surface area contributed by atoms with E-state index in [4.69, 9.17) is 10.5 Å². The molecule has 33 heavy (non-hydrogen) atoms. The number of para-hydroxylation sites is 1. The molecule has 2 aliphatic rings. The standard InChI is InChI=1S/C26H41N5O2/c1-3-8-22-16-29-19(2)18-33-25-13-5-4-9-21(25)12-7-14-28-26(32)23(15-27)31-24(17-30-22)20-10-6-11-20/h4-5,8-9,13,19,23,29-31H,3,6-7,10-12,14-18,27H2,1-2H3,(H,28,32)/b22-8+/t19-,23?/m0/s1. The second-order valence-electron chi connectivity index (χ2n) is 8.95. The molecule has 1 aromatic rings. The number of allylic oxidation sites excluding steroid dienone is 2. The summed E-state index contributed by atoms with van der Waals surface area (Å²) in [6.07, 6.45) is 8.24. The van der Waals surface area contributed by atoms with Crippen molar-refractivity contribution in [2.45, 2.75) is 64.5 Å². The van der Waals surface area contributed by atoms with Gasteiger partial charge in [0.15, 0.2) is 0 Å². The van der Waals surface area contributed by atoms with Crippen molar-refractivity contribution in [2.75, 3.05) is 32.8 Å². The number of carbonyl (C=O) groups excluding carboxylic acids is 1. The second kappa shape index (κ2) is 13.3. The highest BCUT2D eigenvalue weighted by molar-refractivity contribution is 5.82. The van der Waals surface area contributed by atoms with Crippen LogP contribution < -0.4 is 31.7 Å². The molecule has 7 nitrogen and oxygen atoms in total. The molecule has 0 bridgehead atoms. The fraction of sp³-hybridized carbons (Fsp3) is 0.577. The first kappa shape index (κ1) is 25.1. The van der Waals surface area contributed by atoms with Gasteiger partial charge in [-0.3, -0.25) is 4.79 Å². The number of hydrogen-bond donors (Lipinski definition) is 5. The Morgan fingerprint density at radius 3 is 2.67 bits per heavy atom. The van der Waals surface area contributed by atoms with Crippen molar-refractivity contribution >= 4 is 5.91 Å². The summed E-state index contributed by atoms with van der Waals surface area (Å²) in [4.78, 5) is 12.8. The first-order chi connectivity index (χ1) is 16.1. The molecule has 0 spiro atoms. The third-order valence-electron chi connectivity index (χ3n) is 6.25. The number of nitrogens with one attached hydrogen (secondary N) is 4. The van der Waals surface area contributed by atoms with Crippen molar-refractivity contribution in [2.24, 2.45) is 5.73 Å². The molecule has 1 fully saturated rings. The Kier molecular flexibility index (Phi) is 10.1. The van der Waals surface area contributed by atoms with E-state index >= 15 is 0 Å². The van der Waals surface area contributed by atoms with Gasteiger partial charge in [0, 0.05) is 37.1 Å². The summed E-state index contributed by atoms with van der Waals surface area (Å²) in [6, 6.07) is 7.94. The molecule has 0 radical (unpaired) electrons. The predicted octanol–water partition coefficient (Wildman–Crippen LogP) is 2.34. The van der Waals surface area contributed by atoms with Crippen LogP contribution in [0.1, 0.15) is 51.5 Å².